The second kappa shape index (κ2) is 9.30. The molecular weight excluding hydrogens is 344 g/mol. The van der Waals surface area contributed by atoms with Crippen LogP contribution in [0.15, 0.2) is 34.4 Å². The second-order valence-corrected chi connectivity index (χ2v) is 7.07. The van der Waals surface area contributed by atoms with Crippen LogP contribution in [0.4, 0.5) is 0 Å². The van der Waals surface area contributed by atoms with Gasteiger partial charge in [-0.25, -0.2) is 0 Å². The van der Waals surface area contributed by atoms with Gasteiger partial charge in [0.2, 0.25) is 5.91 Å². The van der Waals surface area contributed by atoms with Crippen molar-refractivity contribution in [3.05, 3.63) is 35.4 Å². The summed E-state index contributed by atoms with van der Waals surface area (Å²) >= 11 is 0. The molecule has 1 heterocycles. The lowest BCUT2D eigenvalue weighted by Crippen LogP contribution is -2.35. The van der Waals surface area contributed by atoms with Crippen molar-refractivity contribution < 1.29 is 14.4 Å². The Balaban J connectivity index is 1.90. The van der Waals surface area contributed by atoms with Gasteiger partial charge in [-0.1, -0.05) is 29.4 Å². The molecule has 0 aliphatic carbocycles. The summed E-state index contributed by atoms with van der Waals surface area (Å²) in [5, 5.41) is 6.96. The van der Waals surface area contributed by atoms with E-state index < -0.39 is 0 Å². The number of hydrogen-bond acceptors (Lipinski definition) is 5. The van der Waals surface area contributed by atoms with Gasteiger partial charge >= 0.3 is 0 Å². The van der Waals surface area contributed by atoms with Crippen molar-refractivity contribution in [2.24, 2.45) is 10.1 Å². The highest BCUT2D eigenvalue weighted by atomic mass is 16.6. The van der Waals surface area contributed by atoms with Crippen molar-refractivity contribution in [1.29, 1.82) is 0 Å². The van der Waals surface area contributed by atoms with Crippen LogP contribution in [0.2, 0.25) is 0 Å². The number of rotatable bonds is 7. The molecule has 0 fully saturated rings. The Morgan fingerprint density at radius 3 is 2.56 bits per heavy atom. The Hall–Kier alpha value is -2.70. The Morgan fingerprint density at radius 1 is 1.33 bits per heavy atom. The molecule has 1 aromatic rings. The summed E-state index contributed by atoms with van der Waals surface area (Å²) in [6.07, 6.45) is 0.858. The lowest BCUT2D eigenvalue weighted by Gasteiger charge is -2.15. The van der Waals surface area contributed by atoms with Gasteiger partial charge in [-0.2, -0.15) is 0 Å². The van der Waals surface area contributed by atoms with E-state index in [1.54, 1.807) is 7.05 Å². The van der Waals surface area contributed by atoms with Gasteiger partial charge in [-0.3, -0.25) is 14.6 Å². The van der Waals surface area contributed by atoms with Crippen molar-refractivity contribution in [2.75, 3.05) is 21.1 Å². The lowest BCUT2D eigenvalue weighted by atomic mass is 10.0. The van der Waals surface area contributed by atoms with Gasteiger partial charge in [-0.05, 0) is 19.4 Å². The molecular formula is C20H28N4O3. The fourth-order valence-corrected chi connectivity index (χ4v) is 3.13. The van der Waals surface area contributed by atoms with E-state index in [1.807, 2.05) is 50.2 Å². The number of amides is 1. The van der Waals surface area contributed by atoms with Gasteiger partial charge in [0.15, 0.2) is 0 Å². The number of carbonyl (C=O) groups is 2. The molecule has 2 unspecified atom stereocenters. The van der Waals surface area contributed by atoms with Crippen LogP contribution in [0.1, 0.15) is 44.2 Å². The molecule has 1 aliphatic rings. The maximum absolute atomic E-state index is 12.1. The average Bonchev–Trinajstić information content (AvgIpc) is 3.03. The highest BCUT2D eigenvalue weighted by Gasteiger charge is 2.25. The molecule has 7 heteroatoms. The molecule has 1 amide bonds. The van der Waals surface area contributed by atoms with Crippen LogP contribution in [-0.2, 0) is 14.4 Å². The molecule has 0 saturated heterocycles. The van der Waals surface area contributed by atoms with Crippen molar-refractivity contribution in [3.8, 4) is 0 Å². The summed E-state index contributed by atoms with van der Waals surface area (Å²) in [5.74, 6) is 0.829. The van der Waals surface area contributed by atoms with Gasteiger partial charge in [-0.15, -0.1) is 0 Å². The summed E-state index contributed by atoms with van der Waals surface area (Å²) in [6.45, 7) is 3.34. The Kier molecular flexibility index (Phi) is 7.10. The number of aliphatic imine (C=N–C) groups is 1. The molecule has 0 saturated carbocycles. The molecule has 1 aliphatic heterocycles. The van der Waals surface area contributed by atoms with E-state index in [2.05, 4.69) is 15.5 Å². The minimum absolute atomic E-state index is 0.0551. The smallest absolute Gasteiger partial charge is 0.224 e. The molecule has 0 radical (unpaired) electrons. The average molecular weight is 372 g/mol. The number of hydrogen-bond donors (Lipinski definition) is 1. The van der Waals surface area contributed by atoms with Crippen LogP contribution < -0.4 is 5.32 Å². The predicted molar refractivity (Wildman–Crippen MR) is 106 cm³/mol. The number of Topliss-reactive ketones (excluding diaryl/α,β-unsaturated/α-hetero) is 1. The number of ketones is 1. The molecule has 146 valence electrons. The summed E-state index contributed by atoms with van der Waals surface area (Å²) in [5.41, 5.74) is 2.83. The molecule has 0 spiro atoms. The van der Waals surface area contributed by atoms with E-state index in [0.29, 0.717) is 12.8 Å². The van der Waals surface area contributed by atoms with Crippen molar-refractivity contribution in [3.63, 3.8) is 0 Å². The second-order valence-electron chi connectivity index (χ2n) is 7.07. The topological polar surface area (TPSA) is 83.4 Å². The highest BCUT2D eigenvalue weighted by Crippen LogP contribution is 2.20. The van der Waals surface area contributed by atoms with E-state index in [4.69, 9.17) is 4.84 Å². The third kappa shape index (κ3) is 5.91. The normalized spacial score (nSPS) is 17.7. The van der Waals surface area contributed by atoms with Gasteiger partial charge in [0, 0.05) is 45.6 Å². The summed E-state index contributed by atoms with van der Waals surface area (Å²) in [6, 6.07) is 7.82. The first-order valence-corrected chi connectivity index (χ1v) is 9.06. The first kappa shape index (κ1) is 20.6. The van der Waals surface area contributed by atoms with Crippen LogP contribution in [0.25, 0.3) is 0 Å². The molecule has 7 nitrogen and oxygen atoms in total. The van der Waals surface area contributed by atoms with Crippen LogP contribution in [0, 0.1) is 0 Å². The monoisotopic (exact) mass is 372 g/mol. The van der Waals surface area contributed by atoms with Gasteiger partial charge in [0.1, 0.15) is 17.7 Å². The van der Waals surface area contributed by atoms with E-state index in [1.165, 1.54) is 6.92 Å². The number of oxime groups is 1. The molecule has 1 N–H and O–H groups in total. The number of carbonyl (C=O) groups excluding carboxylic acids is 2. The molecule has 1 aromatic carbocycles. The highest BCUT2D eigenvalue weighted by molar-refractivity contribution is 6.03. The maximum atomic E-state index is 12.1. The van der Waals surface area contributed by atoms with Gasteiger partial charge in [0.25, 0.3) is 0 Å². The summed E-state index contributed by atoms with van der Waals surface area (Å²) < 4.78 is 0. The van der Waals surface area contributed by atoms with Crippen molar-refractivity contribution >= 4 is 23.2 Å². The Bertz CT molecular complexity index is 738. The molecule has 27 heavy (non-hydrogen) atoms. The number of nitrogens with zero attached hydrogens (tertiary/aromatic N) is 3. The Labute approximate surface area is 160 Å². The van der Waals surface area contributed by atoms with Crippen LogP contribution in [0.3, 0.4) is 0 Å². The molecule has 2 rings (SSSR count). The zero-order valence-electron chi connectivity index (χ0n) is 16.7. The minimum Gasteiger partial charge on any atom is -0.391 e. The molecule has 0 aromatic heterocycles. The predicted octanol–water partition coefficient (Wildman–Crippen LogP) is 1.99. The zero-order valence-corrected chi connectivity index (χ0v) is 16.7. The lowest BCUT2D eigenvalue weighted by molar-refractivity contribution is -0.124. The van der Waals surface area contributed by atoms with Crippen molar-refractivity contribution in [2.45, 2.75) is 45.3 Å². The number of amidine groups is 1. The quantitative estimate of drug-likeness (QED) is 0.586. The first-order valence-electron chi connectivity index (χ1n) is 9.06. The minimum atomic E-state index is -0.279. The third-order valence-electron chi connectivity index (χ3n) is 4.26. The van der Waals surface area contributed by atoms with E-state index in [-0.39, 0.29) is 30.3 Å². The van der Waals surface area contributed by atoms with E-state index >= 15 is 0 Å². The van der Waals surface area contributed by atoms with Gasteiger partial charge < -0.3 is 15.1 Å². The largest absolute Gasteiger partial charge is 0.391 e. The number of nitrogens with one attached hydrogen (secondary N) is 1. The van der Waals surface area contributed by atoms with Crippen molar-refractivity contribution in [1.82, 2.24) is 10.2 Å². The SMILES string of the molecule is CN=C(c1ccc(C2=NOC(CC(=O)NC(C)CC(C)=O)C2)cc1)N(C)C. The fourth-order valence-electron chi connectivity index (χ4n) is 3.13. The van der Waals surface area contributed by atoms with E-state index in [9.17, 15) is 9.59 Å². The summed E-state index contributed by atoms with van der Waals surface area (Å²) in [4.78, 5) is 34.9. The Morgan fingerprint density at radius 2 is 2.00 bits per heavy atom. The van der Waals surface area contributed by atoms with E-state index in [0.717, 1.165) is 22.7 Å². The van der Waals surface area contributed by atoms with Crippen LogP contribution in [0.5, 0.6) is 0 Å². The first-order chi connectivity index (χ1) is 12.8. The van der Waals surface area contributed by atoms with Crippen LogP contribution in [-0.4, -0.2) is 61.4 Å². The third-order valence-corrected chi connectivity index (χ3v) is 4.26. The maximum Gasteiger partial charge on any atom is 0.224 e. The zero-order chi connectivity index (χ0) is 20.0. The van der Waals surface area contributed by atoms with Gasteiger partial charge in [0.05, 0.1) is 12.1 Å². The fraction of sp³-hybridized carbons (Fsp3) is 0.500. The number of benzene rings is 1. The molecule has 2 atom stereocenters. The molecule has 0 bridgehead atoms. The standard InChI is InChI=1S/C20H28N4O3/c1-13(10-14(2)25)22-19(26)12-17-11-18(23-27-17)15-6-8-16(9-7-15)20(21-3)24(4)5/h6-9,13,17H,10-12H2,1-5H3,(H,22,26). The van der Waals surface area contributed by atoms with Crippen LogP contribution >= 0.6 is 0 Å². The summed E-state index contributed by atoms with van der Waals surface area (Å²) in [7, 11) is 5.68.